The number of nitrogens with zero attached hydrogens (tertiary/aromatic N) is 1. The average molecular weight is 424 g/mol. The largest absolute Gasteiger partial charge is 0.377 e. The molecule has 142 valence electrons. The van der Waals surface area contributed by atoms with E-state index in [0.717, 1.165) is 25.9 Å². The van der Waals surface area contributed by atoms with Crippen molar-refractivity contribution in [2.24, 2.45) is 0 Å². The van der Waals surface area contributed by atoms with Crippen molar-refractivity contribution in [2.75, 3.05) is 18.8 Å². The third-order valence-electron chi connectivity index (χ3n) is 4.40. The summed E-state index contributed by atoms with van der Waals surface area (Å²) in [6, 6.07) is 11.4. The smallest absolute Gasteiger partial charge is 0.175 e. The Bertz CT molecular complexity index is 830. The monoisotopic (exact) mass is 423 g/mol. The molecule has 2 aromatic carbocycles. The van der Waals surface area contributed by atoms with E-state index >= 15 is 0 Å². The first-order valence-electron chi connectivity index (χ1n) is 8.86. The highest BCUT2D eigenvalue weighted by atomic mass is 35.5. The van der Waals surface area contributed by atoms with Gasteiger partial charge in [0.05, 0.1) is 15.8 Å². The average Bonchev–Trinajstić information content (AvgIpc) is 2.66. The minimum absolute atomic E-state index is 0.0767. The van der Waals surface area contributed by atoms with Crippen molar-refractivity contribution in [3.63, 3.8) is 0 Å². The molecule has 1 saturated heterocycles. The van der Waals surface area contributed by atoms with Crippen LogP contribution >= 0.6 is 35.0 Å². The van der Waals surface area contributed by atoms with Crippen LogP contribution in [0.2, 0.25) is 10.0 Å². The maximum absolute atomic E-state index is 13.7. The van der Waals surface area contributed by atoms with Crippen LogP contribution in [0.25, 0.3) is 5.57 Å². The molecule has 0 atom stereocenters. The minimum atomic E-state index is -0.355. The number of piperidine rings is 1. The highest BCUT2D eigenvalue weighted by Gasteiger charge is 2.18. The van der Waals surface area contributed by atoms with E-state index in [4.69, 9.17) is 23.2 Å². The van der Waals surface area contributed by atoms with Crippen LogP contribution in [0.3, 0.4) is 0 Å². The summed E-state index contributed by atoms with van der Waals surface area (Å²) in [6.07, 6.45) is 5.29. The number of ketones is 1. The number of rotatable bonds is 6. The van der Waals surface area contributed by atoms with Gasteiger partial charge in [0.25, 0.3) is 0 Å². The van der Waals surface area contributed by atoms with E-state index in [-0.39, 0.29) is 17.4 Å². The van der Waals surface area contributed by atoms with Gasteiger partial charge in [-0.15, -0.1) is 11.8 Å². The topological polar surface area (TPSA) is 20.3 Å². The van der Waals surface area contributed by atoms with E-state index in [2.05, 4.69) is 4.90 Å². The first kappa shape index (κ1) is 20.2. The van der Waals surface area contributed by atoms with Gasteiger partial charge in [-0.1, -0.05) is 41.4 Å². The molecule has 0 unspecified atom stereocenters. The number of carbonyl (C=O) groups is 1. The Morgan fingerprint density at radius 1 is 1.07 bits per heavy atom. The molecule has 6 heteroatoms. The maximum Gasteiger partial charge on any atom is 0.175 e. The molecule has 1 aliphatic heterocycles. The number of hydrogen-bond donors (Lipinski definition) is 0. The molecule has 0 N–H and O–H groups in total. The Morgan fingerprint density at radius 2 is 1.74 bits per heavy atom. The summed E-state index contributed by atoms with van der Waals surface area (Å²) in [7, 11) is 0. The Kier molecular flexibility index (Phi) is 7.22. The van der Waals surface area contributed by atoms with Gasteiger partial charge < -0.3 is 4.90 Å². The zero-order chi connectivity index (χ0) is 19.2. The first-order valence-corrected chi connectivity index (χ1v) is 10.6. The molecule has 2 aromatic rings. The Balaban J connectivity index is 1.83. The van der Waals surface area contributed by atoms with Crippen molar-refractivity contribution < 1.29 is 9.18 Å². The molecular formula is C21H20Cl2FNOS. The van der Waals surface area contributed by atoms with E-state index in [1.807, 2.05) is 6.20 Å². The van der Waals surface area contributed by atoms with E-state index < -0.39 is 0 Å². The standard InChI is InChI=1S/C21H20Cl2FNOS/c22-18-8-5-9-19(23)21(18)27-14-20(26)17(13-25-10-2-1-3-11-25)15-6-4-7-16(24)12-15/h4-9,12-13H,1-3,10-11,14H2. The fourth-order valence-electron chi connectivity index (χ4n) is 3.03. The Labute approximate surface area is 173 Å². The molecule has 0 bridgehead atoms. The number of benzene rings is 2. The molecule has 0 spiro atoms. The van der Waals surface area contributed by atoms with Gasteiger partial charge in [0.15, 0.2) is 5.78 Å². The molecular weight excluding hydrogens is 404 g/mol. The van der Waals surface area contributed by atoms with Crippen LogP contribution in [0, 0.1) is 5.82 Å². The Hall–Kier alpha value is -1.49. The maximum atomic E-state index is 13.7. The predicted molar refractivity (Wildman–Crippen MR) is 112 cm³/mol. The van der Waals surface area contributed by atoms with Crippen LogP contribution in [-0.2, 0) is 4.79 Å². The van der Waals surface area contributed by atoms with Crippen molar-refractivity contribution in [1.29, 1.82) is 0 Å². The van der Waals surface area contributed by atoms with Crippen molar-refractivity contribution >= 4 is 46.3 Å². The molecule has 1 heterocycles. The second kappa shape index (κ2) is 9.63. The summed E-state index contributed by atoms with van der Waals surface area (Å²) in [6.45, 7) is 1.82. The SMILES string of the molecule is O=C(CSc1c(Cl)cccc1Cl)C(=CN1CCCCC1)c1cccc(F)c1. The van der Waals surface area contributed by atoms with Crippen LogP contribution in [0.15, 0.2) is 53.6 Å². The quantitative estimate of drug-likeness (QED) is 0.400. The molecule has 27 heavy (non-hydrogen) atoms. The van der Waals surface area contributed by atoms with E-state index in [1.165, 1.54) is 30.3 Å². The number of halogens is 3. The number of likely N-dealkylation sites (tertiary alicyclic amines) is 1. The number of thioether (sulfide) groups is 1. The van der Waals surface area contributed by atoms with E-state index in [1.54, 1.807) is 30.3 Å². The van der Waals surface area contributed by atoms with Crippen LogP contribution in [0.1, 0.15) is 24.8 Å². The second-order valence-corrected chi connectivity index (χ2v) is 8.21. The van der Waals surface area contributed by atoms with Gasteiger partial charge in [0, 0.05) is 29.8 Å². The molecule has 1 aliphatic rings. The van der Waals surface area contributed by atoms with Gasteiger partial charge >= 0.3 is 0 Å². The van der Waals surface area contributed by atoms with Gasteiger partial charge in [-0.2, -0.15) is 0 Å². The molecule has 0 amide bonds. The molecule has 2 nitrogen and oxygen atoms in total. The number of hydrogen-bond acceptors (Lipinski definition) is 3. The lowest BCUT2D eigenvalue weighted by Crippen LogP contribution is -2.25. The van der Waals surface area contributed by atoms with Crippen molar-refractivity contribution in [3.8, 4) is 0 Å². The van der Waals surface area contributed by atoms with Gasteiger partial charge in [-0.3, -0.25) is 4.79 Å². The molecule has 0 aromatic heterocycles. The summed E-state index contributed by atoms with van der Waals surface area (Å²) in [5.41, 5.74) is 1.11. The zero-order valence-electron chi connectivity index (χ0n) is 14.8. The summed E-state index contributed by atoms with van der Waals surface area (Å²) >= 11 is 13.7. The summed E-state index contributed by atoms with van der Waals surface area (Å²) in [5, 5.41) is 1.04. The van der Waals surface area contributed by atoms with Crippen LogP contribution in [-0.4, -0.2) is 29.5 Å². The van der Waals surface area contributed by atoms with Crippen molar-refractivity contribution in [3.05, 3.63) is 70.1 Å². The fourth-order valence-corrected chi connectivity index (χ4v) is 4.60. The van der Waals surface area contributed by atoms with Gasteiger partial charge in [-0.25, -0.2) is 4.39 Å². The normalized spacial score (nSPS) is 15.1. The zero-order valence-corrected chi connectivity index (χ0v) is 17.1. The molecule has 0 saturated carbocycles. The fraction of sp³-hybridized carbons (Fsp3) is 0.286. The molecule has 0 radical (unpaired) electrons. The van der Waals surface area contributed by atoms with Crippen LogP contribution in [0.4, 0.5) is 4.39 Å². The lowest BCUT2D eigenvalue weighted by molar-refractivity contribution is -0.111. The Morgan fingerprint density at radius 3 is 2.41 bits per heavy atom. The number of allylic oxidation sites excluding steroid dienone is 1. The number of carbonyl (C=O) groups excluding carboxylic acids is 1. The van der Waals surface area contributed by atoms with E-state index in [9.17, 15) is 9.18 Å². The second-order valence-electron chi connectivity index (χ2n) is 6.41. The molecule has 1 fully saturated rings. The highest BCUT2D eigenvalue weighted by Crippen LogP contribution is 2.34. The van der Waals surface area contributed by atoms with E-state index in [0.29, 0.717) is 26.1 Å². The lowest BCUT2D eigenvalue weighted by Gasteiger charge is -2.26. The lowest BCUT2D eigenvalue weighted by atomic mass is 10.0. The third-order valence-corrected chi connectivity index (χ3v) is 6.39. The van der Waals surface area contributed by atoms with Gasteiger partial charge in [-0.05, 0) is 49.1 Å². The molecule has 0 aliphatic carbocycles. The minimum Gasteiger partial charge on any atom is -0.377 e. The summed E-state index contributed by atoms with van der Waals surface area (Å²) in [5.74, 6) is -0.251. The predicted octanol–water partition coefficient (Wildman–Crippen LogP) is 6.32. The van der Waals surface area contributed by atoms with Crippen molar-refractivity contribution in [1.82, 2.24) is 4.90 Å². The molecule has 3 rings (SSSR count). The van der Waals surface area contributed by atoms with Crippen molar-refractivity contribution in [2.45, 2.75) is 24.2 Å². The van der Waals surface area contributed by atoms with Crippen LogP contribution < -0.4 is 0 Å². The van der Waals surface area contributed by atoms with Crippen LogP contribution in [0.5, 0.6) is 0 Å². The third kappa shape index (κ3) is 5.50. The van der Waals surface area contributed by atoms with Gasteiger partial charge in [0.2, 0.25) is 0 Å². The summed E-state index contributed by atoms with van der Waals surface area (Å²) in [4.78, 5) is 15.8. The highest BCUT2D eigenvalue weighted by molar-refractivity contribution is 8.00. The number of Topliss-reactive ketones (excluding diaryl/α,β-unsaturated/α-hetero) is 1. The van der Waals surface area contributed by atoms with Gasteiger partial charge in [0.1, 0.15) is 5.82 Å². The summed E-state index contributed by atoms with van der Waals surface area (Å²) < 4.78 is 13.7. The first-order chi connectivity index (χ1) is 13.0.